The van der Waals surface area contributed by atoms with Crippen LogP contribution >= 0.6 is 0 Å². The van der Waals surface area contributed by atoms with Crippen molar-refractivity contribution in [2.24, 2.45) is 0 Å². The second kappa shape index (κ2) is 10.7. The van der Waals surface area contributed by atoms with Crippen LogP contribution in [0.1, 0.15) is 42.6 Å². The Hall–Kier alpha value is -3.41. The molecule has 146 valence electrons. The first kappa shape index (κ1) is 20.9. The molecule has 0 saturated carbocycles. The molecule has 0 heterocycles. The number of hydrogen-bond acceptors (Lipinski definition) is 4. The van der Waals surface area contributed by atoms with Crippen molar-refractivity contribution in [1.29, 1.82) is 0 Å². The van der Waals surface area contributed by atoms with Gasteiger partial charge in [-0.25, -0.2) is 4.79 Å². The molecular weight excluding hydrogens is 356 g/mol. The molecule has 2 amide bonds. The van der Waals surface area contributed by atoms with E-state index in [1.165, 1.54) is 6.92 Å². The normalized spacial score (nSPS) is 10.9. The summed E-state index contributed by atoms with van der Waals surface area (Å²) in [7, 11) is 0. The molecule has 0 saturated heterocycles. The van der Waals surface area contributed by atoms with Gasteiger partial charge in [0, 0.05) is 12.6 Å². The van der Waals surface area contributed by atoms with Crippen LogP contribution in [0.2, 0.25) is 0 Å². The summed E-state index contributed by atoms with van der Waals surface area (Å²) in [6.45, 7) is 3.75. The average Bonchev–Trinajstić information content (AvgIpc) is 2.68. The Morgan fingerprint density at radius 1 is 1.00 bits per heavy atom. The van der Waals surface area contributed by atoms with Crippen molar-refractivity contribution in [2.75, 3.05) is 11.9 Å². The van der Waals surface area contributed by atoms with E-state index in [-0.39, 0.29) is 11.6 Å². The predicted molar refractivity (Wildman–Crippen MR) is 108 cm³/mol. The van der Waals surface area contributed by atoms with Crippen LogP contribution in [0.3, 0.4) is 0 Å². The lowest BCUT2D eigenvalue weighted by atomic mass is 10.1. The molecule has 2 N–H and O–H groups in total. The number of carbonyl (C=O) groups excluding carboxylic acids is 3. The standard InChI is InChI=1S/C22H24N2O4/c1-3-4-14-28-22(27)18-10-12-19(13-11-18)24-21(26)20(23-16(2)25)15-17-8-6-5-7-9-17/h5-13,15H,3-4,14H2,1-2H3,(H,23,25)(H,24,26)/b20-15-. The van der Waals surface area contributed by atoms with Crippen LogP contribution in [0.15, 0.2) is 60.3 Å². The summed E-state index contributed by atoms with van der Waals surface area (Å²) in [4.78, 5) is 35.9. The van der Waals surface area contributed by atoms with Gasteiger partial charge >= 0.3 is 5.97 Å². The van der Waals surface area contributed by atoms with Crippen molar-refractivity contribution in [2.45, 2.75) is 26.7 Å². The van der Waals surface area contributed by atoms with E-state index in [0.717, 1.165) is 18.4 Å². The minimum absolute atomic E-state index is 0.127. The SMILES string of the molecule is CCCCOC(=O)c1ccc(NC(=O)/C(=C/c2ccccc2)NC(C)=O)cc1. The van der Waals surface area contributed by atoms with Crippen molar-refractivity contribution >= 4 is 29.5 Å². The Morgan fingerprint density at radius 2 is 1.68 bits per heavy atom. The number of nitrogens with one attached hydrogen (secondary N) is 2. The Bertz CT molecular complexity index is 843. The highest BCUT2D eigenvalue weighted by atomic mass is 16.5. The van der Waals surface area contributed by atoms with E-state index in [2.05, 4.69) is 10.6 Å². The molecule has 0 unspecified atom stereocenters. The van der Waals surface area contributed by atoms with Gasteiger partial charge in [-0.3, -0.25) is 9.59 Å². The Morgan fingerprint density at radius 3 is 2.29 bits per heavy atom. The third-order valence-corrected chi connectivity index (χ3v) is 3.78. The van der Waals surface area contributed by atoms with E-state index in [1.54, 1.807) is 30.3 Å². The van der Waals surface area contributed by atoms with E-state index < -0.39 is 11.9 Å². The van der Waals surface area contributed by atoms with Gasteiger partial charge in [0.2, 0.25) is 5.91 Å². The number of unbranched alkanes of at least 4 members (excludes halogenated alkanes) is 1. The topological polar surface area (TPSA) is 84.5 Å². The summed E-state index contributed by atoms with van der Waals surface area (Å²) < 4.78 is 5.15. The molecule has 6 nitrogen and oxygen atoms in total. The molecule has 0 aliphatic rings. The van der Waals surface area contributed by atoms with Crippen LogP contribution < -0.4 is 10.6 Å². The summed E-state index contributed by atoms with van der Waals surface area (Å²) in [6, 6.07) is 15.6. The molecule has 0 radical (unpaired) electrons. The van der Waals surface area contributed by atoms with Gasteiger partial charge in [0.1, 0.15) is 5.70 Å². The van der Waals surface area contributed by atoms with E-state index in [0.29, 0.717) is 17.9 Å². The molecule has 0 fully saturated rings. The van der Waals surface area contributed by atoms with Crippen molar-refractivity contribution < 1.29 is 19.1 Å². The number of ether oxygens (including phenoxy) is 1. The number of carbonyl (C=O) groups is 3. The highest BCUT2D eigenvalue weighted by molar-refractivity contribution is 6.08. The van der Waals surface area contributed by atoms with Crippen LogP contribution in [-0.2, 0) is 14.3 Å². The van der Waals surface area contributed by atoms with Crippen molar-refractivity contribution in [3.05, 3.63) is 71.4 Å². The molecular formula is C22H24N2O4. The maximum atomic E-state index is 12.6. The van der Waals surface area contributed by atoms with Crippen LogP contribution in [0.25, 0.3) is 6.08 Å². The zero-order valence-electron chi connectivity index (χ0n) is 16.0. The summed E-state index contributed by atoms with van der Waals surface area (Å²) in [5, 5.41) is 5.25. The van der Waals surface area contributed by atoms with E-state index in [4.69, 9.17) is 4.74 Å². The Kier molecular flexibility index (Phi) is 7.96. The predicted octanol–water partition coefficient (Wildman–Crippen LogP) is 3.76. The number of hydrogen-bond donors (Lipinski definition) is 2. The molecule has 0 aliphatic heterocycles. The first-order chi connectivity index (χ1) is 13.5. The zero-order chi connectivity index (χ0) is 20.4. The molecule has 2 aromatic carbocycles. The maximum Gasteiger partial charge on any atom is 0.338 e. The minimum Gasteiger partial charge on any atom is -0.462 e. The Balaban J connectivity index is 2.07. The second-order valence-electron chi connectivity index (χ2n) is 6.17. The molecule has 0 aromatic heterocycles. The van der Waals surface area contributed by atoms with Crippen molar-refractivity contribution in [3.8, 4) is 0 Å². The van der Waals surface area contributed by atoms with Crippen LogP contribution in [-0.4, -0.2) is 24.4 Å². The zero-order valence-corrected chi connectivity index (χ0v) is 16.0. The molecule has 28 heavy (non-hydrogen) atoms. The smallest absolute Gasteiger partial charge is 0.338 e. The van der Waals surface area contributed by atoms with Crippen molar-refractivity contribution in [1.82, 2.24) is 5.32 Å². The lowest BCUT2D eigenvalue weighted by molar-refractivity contribution is -0.120. The van der Waals surface area contributed by atoms with E-state index in [9.17, 15) is 14.4 Å². The Labute approximate surface area is 164 Å². The summed E-state index contributed by atoms with van der Waals surface area (Å²) in [6.07, 6.45) is 3.36. The molecule has 2 aromatic rings. The monoisotopic (exact) mass is 380 g/mol. The van der Waals surface area contributed by atoms with E-state index >= 15 is 0 Å². The fraction of sp³-hybridized carbons (Fsp3) is 0.227. The van der Waals surface area contributed by atoms with Gasteiger partial charge in [0.15, 0.2) is 0 Å². The molecule has 0 spiro atoms. The lowest BCUT2D eigenvalue weighted by Crippen LogP contribution is -2.28. The highest BCUT2D eigenvalue weighted by Crippen LogP contribution is 2.13. The van der Waals surface area contributed by atoms with E-state index in [1.807, 2.05) is 37.3 Å². The fourth-order valence-electron chi connectivity index (χ4n) is 2.34. The van der Waals surface area contributed by atoms with Gasteiger partial charge in [-0.15, -0.1) is 0 Å². The summed E-state index contributed by atoms with van der Waals surface area (Å²) in [5.74, 6) is -1.20. The van der Waals surface area contributed by atoms with Gasteiger partial charge in [-0.05, 0) is 42.3 Å². The average molecular weight is 380 g/mol. The quantitative estimate of drug-likeness (QED) is 0.415. The van der Waals surface area contributed by atoms with Crippen molar-refractivity contribution in [3.63, 3.8) is 0 Å². The van der Waals surface area contributed by atoms with Crippen LogP contribution in [0, 0.1) is 0 Å². The molecule has 2 rings (SSSR count). The minimum atomic E-state index is -0.461. The van der Waals surface area contributed by atoms with Crippen LogP contribution in [0.4, 0.5) is 5.69 Å². The fourth-order valence-corrected chi connectivity index (χ4v) is 2.34. The first-order valence-electron chi connectivity index (χ1n) is 9.12. The third kappa shape index (κ3) is 6.72. The number of benzene rings is 2. The molecule has 6 heteroatoms. The van der Waals surface area contributed by atoms with Gasteiger partial charge in [0.25, 0.3) is 5.91 Å². The van der Waals surface area contributed by atoms with Gasteiger partial charge < -0.3 is 15.4 Å². The molecule has 0 aliphatic carbocycles. The second-order valence-corrected chi connectivity index (χ2v) is 6.17. The number of anilines is 1. The highest BCUT2D eigenvalue weighted by Gasteiger charge is 2.13. The largest absolute Gasteiger partial charge is 0.462 e. The maximum absolute atomic E-state index is 12.6. The third-order valence-electron chi connectivity index (χ3n) is 3.78. The number of amides is 2. The van der Waals surface area contributed by atoms with Gasteiger partial charge in [-0.2, -0.15) is 0 Å². The lowest BCUT2D eigenvalue weighted by Gasteiger charge is -2.10. The number of rotatable bonds is 8. The van der Waals surface area contributed by atoms with Crippen LogP contribution in [0.5, 0.6) is 0 Å². The first-order valence-corrected chi connectivity index (χ1v) is 9.12. The molecule has 0 bridgehead atoms. The summed E-state index contributed by atoms with van der Waals surface area (Å²) in [5.41, 5.74) is 1.82. The summed E-state index contributed by atoms with van der Waals surface area (Å²) >= 11 is 0. The van der Waals surface area contributed by atoms with Gasteiger partial charge in [0.05, 0.1) is 12.2 Å². The van der Waals surface area contributed by atoms with Gasteiger partial charge in [-0.1, -0.05) is 43.7 Å². The molecule has 0 atom stereocenters. The number of esters is 1.